The van der Waals surface area contributed by atoms with Gasteiger partial charge < -0.3 is 9.73 Å². The fourth-order valence-electron chi connectivity index (χ4n) is 3.82. The van der Waals surface area contributed by atoms with Crippen LogP contribution in [0.25, 0.3) is 11.1 Å². The molecule has 2 heterocycles. The molecule has 0 radical (unpaired) electrons. The van der Waals surface area contributed by atoms with Crippen LogP contribution in [0.15, 0.2) is 16.5 Å². The molecular formula is C16H18Cl2N2O. The van der Waals surface area contributed by atoms with Gasteiger partial charge in [-0.25, -0.2) is 4.98 Å². The van der Waals surface area contributed by atoms with Gasteiger partial charge in [-0.1, -0.05) is 36.0 Å². The second-order valence-corrected chi connectivity index (χ2v) is 7.08. The lowest BCUT2D eigenvalue weighted by molar-refractivity contribution is 0.164. The topological polar surface area (TPSA) is 38.1 Å². The maximum atomic E-state index is 6.19. The van der Waals surface area contributed by atoms with Gasteiger partial charge in [0, 0.05) is 11.1 Å². The summed E-state index contributed by atoms with van der Waals surface area (Å²) in [6, 6.07) is 4.33. The van der Waals surface area contributed by atoms with E-state index < -0.39 is 0 Å². The van der Waals surface area contributed by atoms with Crippen LogP contribution >= 0.6 is 23.2 Å². The molecule has 1 N–H and O–H groups in total. The number of oxazole rings is 1. The monoisotopic (exact) mass is 324 g/mol. The first kappa shape index (κ1) is 13.9. The molecule has 1 saturated heterocycles. The summed E-state index contributed by atoms with van der Waals surface area (Å²) < 4.78 is 5.91. The van der Waals surface area contributed by atoms with Crippen molar-refractivity contribution >= 4 is 34.3 Å². The van der Waals surface area contributed by atoms with Crippen LogP contribution in [0.4, 0.5) is 0 Å². The number of aromatic nitrogens is 1. The highest BCUT2D eigenvalue weighted by Gasteiger charge is 2.34. The van der Waals surface area contributed by atoms with Crippen molar-refractivity contribution in [3.63, 3.8) is 0 Å². The Hall–Kier alpha value is -0.770. The second-order valence-electron chi connectivity index (χ2n) is 6.24. The van der Waals surface area contributed by atoms with Crippen LogP contribution in [0.5, 0.6) is 0 Å². The van der Waals surface area contributed by atoms with E-state index in [9.17, 15) is 0 Å². The number of hydrogen-bond donors (Lipinski definition) is 1. The Morgan fingerprint density at radius 2 is 1.95 bits per heavy atom. The molecule has 3 atom stereocenters. The van der Waals surface area contributed by atoms with E-state index in [-0.39, 0.29) is 6.04 Å². The van der Waals surface area contributed by atoms with E-state index in [4.69, 9.17) is 27.6 Å². The van der Waals surface area contributed by atoms with E-state index in [0.717, 1.165) is 23.7 Å². The second kappa shape index (κ2) is 5.45. The first-order valence-corrected chi connectivity index (χ1v) is 8.48. The van der Waals surface area contributed by atoms with Gasteiger partial charge in [-0.3, -0.25) is 0 Å². The van der Waals surface area contributed by atoms with Gasteiger partial charge in [-0.05, 0) is 43.7 Å². The normalized spacial score (nSPS) is 29.5. The van der Waals surface area contributed by atoms with Crippen LogP contribution in [0.2, 0.25) is 10.0 Å². The maximum Gasteiger partial charge on any atom is 0.212 e. The Morgan fingerprint density at radius 3 is 2.86 bits per heavy atom. The molecule has 2 aliphatic rings. The SMILES string of the molecule is Clc1cc(Cl)c2oc(C3CCC4CCCCC4N3)nc2c1. The van der Waals surface area contributed by atoms with Crippen molar-refractivity contribution in [3.8, 4) is 0 Å². The molecule has 3 unspecified atom stereocenters. The van der Waals surface area contributed by atoms with Crippen LogP contribution in [-0.4, -0.2) is 11.0 Å². The summed E-state index contributed by atoms with van der Waals surface area (Å²) in [4.78, 5) is 4.60. The highest BCUT2D eigenvalue weighted by molar-refractivity contribution is 6.37. The van der Waals surface area contributed by atoms with Crippen molar-refractivity contribution in [2.75, 3.05) is 0 Å². The minimum atomic E-state index is 0.201. The van der Waals surface area contributed by atoms with Crippen molar-refractivity contribution in [1.82, 2.24) is 10.3 Å². The zero-order chi connectivity index (χ0) is 14.4. The predicted molar refractivity (Wildman–Crippen MR) is 84.9 cm³/mol. The molecule has 4 rings (SSSR count). The van der Waals surface area contributed by atoms with Gasteiger partial charge in [0.2, 0.25) is 5.89 Å². The lowest BCUT2D eigenvalue weighted by Gasteiger charge is -2.39. The maximum absolute atomic E-state index is 6.19. The van der Waals surface area contributed by atoms with E-state index in [0.29, 0.717) is 21.7 Å². The third-order valence-corrected chi connectivity index (χ3v) is 5.37. The highest BCUT2D eigenvalue weighted by atomic mass is 35.5. The average molecular weight is 325 g/mol. The molecule has 1 saturated carbocycles. The first-order valence-electron chi connectivity index (χ1n) is 7.72. The molecule has 112 valence electrons. The van der Waals surface area contributed by atoms with E-state index >= 15 is 0 Å². The summed E-state index contributed by atoms with van der Waals surface area (Å²) in [5.41, 5.74) is 1.39. The molecule has 21 heavy (non-hydrogen) atoms. The van der Waals surface area contributed by atoms with E-state index in [1.54, 1.807) is 6.07 Å². The van der Waals surface area contributed by atoms with E-state index in [1.165, 1.54) is 32.1 Å². The molecule has 3 nitrogen and oxygen atoms in total. The third-order valence-electron chi connectivity index (χ3n) is 4.87. The molecule has 1 aliphatic heterocycles. The summed E-state index contributed by atoms with van der Waals surface area (Å²) in [5, 5.41) is 4.86. The fraction of sp³-hybridized carbons (Fsp3) is 0.562. The molecule has 1 aromatic heterocycles. The predicted octanol–water partition coefficient (Wildman–Crippen LogP) is 5.12. The fourth-order valence-corrected chi connectivity index (χ4v) is 4.34. The highest BCUT2D eigenvalue weighted by Crippen LogP contribution is 2.38. The molecule has 5 heteroatoms. The third kappa shape index (κ3) is 2.56. The zero-order valence-corrected chi connectivity index (χ0v) is 13.3. The number of fused-ring (bicyclic) bond motifs is 2. The minimum absolute atomic E-state index is 0.201. The Morgan fingerprint density at radius 1 is 1.10 bits per heavy atom. The number of piperidine rings is 1. The Kier molecular flexibility index (Phi) is 3.60. The van der Waals surface area contributed by atoms with Gasteiger partial charge in [0.25, 0.3) is 0 Å². The minimum Gasteiger partial charge on any atom is -0.437 e. The number of nitrogens with zero attached hydrogens (tertiary/aromatic N) is 1. The smallest absolute Gasteiger partial charge is 0.212 e. The van der Waals surface area contributed by atoms with Gasteiger partial charge in [0.15, 0.2) is 5.58 Å². The summed E-state index contributed by atoms with van der Waals surface area (Å²) in [6.07, 6.45) is 7.68. The molecule has 1 aliphatic carbocycles. The van der Waals surface area contributed by atoms with Crippen LogP contribution in [0, 0.1) is 5.92 Å². The molecule has 1 aromatic carbocycles. The molecule has 0 bridgehead atoms. The van der Waals surface area contributed by atoms with Crippen molar-refractivity contribution < 1.29 is 4.42 Å². The number of benzene rings is 1. The van der Waals surface area contributed by atoms with Crippen molar-refractivity contribution in [1.29, 1.82) is 0 Å². The zero-order valence-electron chi connectivity index (χ0n) is 11.7. The van der Waals surface area contributed by atoms with Crippen molar-refractivity contribution in [2.45, 2.75) is 50.6 Å². The summed E-state index contributed by atoms with van der Waals surface area (Å²) in [5.74, 6) is 1.58. The van der Waals surface area contributed by atoms with E-state index in [2.05, 4.69) is 10.3 Å². The number of rotatable bonds is 1. The average Bonchev–Trinajstić information content (AvgIpc) is 2.91. The molecule has 2 fully saturated rings. The van der Waals surface area contributed by atoms with Gasteiger partial charge in [0.1, 0.15) is 5.52 Å². The lowest BCUT2D eigenvalue weighted by Crippen LogP contribution is -2.44. The number of nitrogens with one attached hydrogen (secondary N) is 1. The first-order chi connectivity index (χ1) is 10.2. The van der Waals surface area contributed by atoms with E-state index in [1.807, 2.05) is 6.07 Å². The van der Waals surface area contributed by atoms with Crippen molar-refractivity contribution in [3.05, 3.63) is 28.1 Å². The van der Waals surface area contributed by atoms with Crippen LogP contribution in [-0.2, 0) is 0 Å². The number of hydrogen-bond acceptors (Lipinski definition) is 3. The Bertz CT molecular complexity index is 670. The Balaban J connectivity index is 1.63. The molecular weight excluding hydrogens is 307 g/mol. The summed E-state index contributed by atoms with van der Waals surface area (Å²) in [7, 11) is 0. The van der Waals surface area contributed by atoms with Gasteiger partial charge in [-0.15, -0.1) is 0 Å². The van der Waals surface area contributed by atoms with Crippen molar-refractivity contribution in [2.24, 2.45) is 5.92 Å². The molecule has 0 spiro atoms. The largest absolute Gasteiger partial charge is 0.437 e. The van der Waals surface area contributed by atoms with Gasteiger partial charge in [-0.2, -0.15) is 0 Å². The Labute approximate surface area is 134 Å². The molecule has 0 amide bonds. The molecule has 2 aromatic rings. The van der Waals surface area contributed by atoms with Crippen LogP contribution in [0.3, 0.4) is 0 Å². The van der Waals surface area contributed by atoms with Gasteiger partial charge in [0.05, 0.1) is 11.1 Å². The van der Waals surface area contributed by atoms with Gasteiger partial charge >= 0.3 is 0 Å². The number of halogens is 2. The standard InChI is InChI=1S/C16H18Cl2N2O/c17-10-7-11(18)15-14(8-10)20-16(21-15)13-6-5-9-3-1-2-4-12(9)19-13/h7-9,12-13,19H,1-6H2. The lowest BCUT2D eigenvalue weighted by atomic mass is 9.78. The summed E-state index contributed by atoms with van der Waals surface area (Å²) >= 11 is 12.2. The quantitative estimate of drug-likeness (QED) is 0.791. The van der Waals surface area contributed by atoms with Crippen LogP contribution in [0.1, 0.15) is 50.5 Å². The summed E-state index contributed by atoms with van der Waals surface area (Å²) in [6.45, 7) is 0. The van der Waals surface area contributed by atoms with Crippen LogP contribution < -0.4 is 5.32 Å².